The third-order valence-corrected chi connectivity index (χ3v) is 4.27. The van der Waals surface area contributed by atoms with Crippen LogP contribution in [-0.4, -0.2) is 34.5 Å². The first-order chi connectivity index (χ1) is 12.7. The highest BCUT2D eigenvalue weighted by atomic mass is 16.5. The molecule has 1 aliphatic rings. The lowest BCUT2D eigenvalue weighted by Crippen LogP contribution is -2.32. The Bertz CT molecular complexity index is 771. The van der Waals surface area contributed by atoms with Gasteiger partial charge in [0.05, 0.1) is 23.4 Å². The van der Waals surface area contributed by atoms with Crippen molar-refractivity contribution in [3.05, 3.63) is 47.8 Å². The van der Waals surface area contributed by atoms with E-state index >= 15 is 0 Å². The van der Waals surface area contributed by atoms with Crippen molar-refractivity contribution in [1.29, 1.82) is 0 Å². The topological polar surface area (TPSA) is 93.2 Å². The van der Waals surface area contributed by atoms with Gasteiger partial charge in [-0.2, -0.15) is 0 Å². The molecule has 0 saturated heterocycles. The minimum absolute atomic E-state index is 0.157. The van der Waals surface area contributed by atoms with Gasteiger partial charge in [0.15, 0.2) is 0 Å². The molecular formula is C19H22N4O3. The van der Waals surface area contributed by atoms with Gasteiger partial charge in [0.25, 0.3) is 5.91 Å². The summed E-state index contributed by atoms with van der Waals surface area (Å²) in [5.41, 5.74) is 1.37. The Balaban J connectivity index is 1.68. The number of amides is 1. The van der Waals surface area contributed by atoms with Gasteiger partial charge in [0, 0.05) is 18.4 Å². The van der Waals surface area contributed by atoms with Crippen molar-refractivity contribution in [3.63, 3.8) is 0 Å². The minimum atomic E-state index is -0.414. The Morgan fingerprint density at radius 3 is 2.54 bits per heavy atom. The molecule has 7 nitrogen and oxygen atoms in total. The predicted molar refractivity (Wildman–Crippen MR) is 97.4 cm³/mol. The number of nitrogens with zero attached hydrogens (tertiary/aromatic N) is 2. The highest BCUT2D eigenvalue weighted by Crippen LogP contribution is 2.20. The summed E-state index contributed by atoms with van der Waals surface area (Å²) in [6.07, 6.45) is 7.32. The van der Waals surface area contributed by atoms with E-state index in [1.165, 1.54) is 12.4 Å². The van der Waals surface area contributed by atoms with E-state index in [2.05, 4.69) is 20.6 Å². The molecule has 1 amide bonds. The molecule has 1 aliphatic carbocycles. The van der Waals surface area contributed by atoms with E-state index in [0.717, 1.165) is 25.7 Å². The number of esters is 1. The summed E-state index contributed by atoms with van der Waals surface area (Å²) in [6.45, 7) is 2.06. The average molecular weight is 354 g/mol. The van der Waals surface area contributed by atoms with Crippen LogP contribution in [0.3, 0.4) is 0 Å². The average Bonchev–Trinajstić information content (AvgIpc) is 3.16. The molecule has 1 heterocycles. The minimum Gasteiger partial charge on any atom is -0.462 e. The van der Waals surface area contributed by atoms with Crippen molar-refractivity contribution in [2.45, 2.75) is 38.6 Å². The molecule has 1 aromatic heterocycles. The molecule has 1 saturated carbocycles. The smallest absolute Gasteiger partial charge is 0.340 e. The van der Waals surface area contributed by atoms with E-state index in [-0.39, 0.29) is 11.9 Å². The zero-order valence-electron chi connectivity index (χ0n) is 14.7. The van der Waals surface area contributed by atoms with Crippen LogP contribution in [0, 0.1) is 0 Å². The second kappa shape index (κ2) is 8.42. The van der Waals surface area contributed by atoms with Crippen LogP contribution in [0.25, 0.3) is 0 Å². The molecule has 0 radical (unpaired) electrons. The van der Waals surface area contributed by atoms with E-state index < -0.39 is 5.97 Å². The van der Waals surface area contributed by atoms with Crippen LogP contribution in [-0.2, 0) is 4.74 Å². The summed E-state index contributed by atoms with van der Waals surface area (Å²) in [6, 6.07) is 7.22. The molecule has 136 valence electrons. The normalized spacial score (nSPS) is 14.0. The Hall–Kier alpha value is -2.96. The van der Waals surface area contributed by atoms with Crippen molar-refractivity contribution < 1.29 is 14.3 Å². The van der Waals surface area contributed by atoms with Crippen LogP contribution >= 0.6 is 0 Å². The van der Waals surface area contributed by atoms with E-state index in [9.17, 15) is 9.59 Å². The van der Waals surface area contributed by atoms with Crippen LogP contribution in [0.5, 0.6) is 0 Å². The first-order valence-corrected chi connectivity index (χ1v) is 8.83. The van der Waals surface area contributed by atoms with Crippen LogP contribution in [0.2, 0.25) is 0 Å². The molecule has 0 spiro atoms. The number of hydrogen-bond acceptors (Lipinski definition) is 6. The molecule has 2 N–H and O–H groups in total. The molecule has 0 atom stereocenters. The number of nitrogens with one attached hydrogen (secondary N) is 2. The predicted octanol–water partition coefficient (Wildman–Crippen LogP) is 3.07. The van der Waals surface area contributed by atoms with Gasteiger partial charge >= 0.3 is 5.97 Å². The number of ether oxygens (including phenoxy) is 1. The van der Waals surface area contributed by atoms with E-state index in [1.807, 2.05) is 0 Å². The quantitative estimate of drug-likeness (QED) is 0.775. The molecule has 0 aliphatic heterocycles. The standard InChI is InChI=1S/C19H22N4O3/c1-2-26-18(25)15-9-5-6-10-16(15)23-19-20-11-13(12-21-19)17(24)22-14-7-3-4-8-14/h5-6,9-12,14H,2-4,7-8H2,1H3,(H,22,24)(H,20,21,23). The Morgan fingerprint density at radius 2 is 1.85 bits per heavy atom. The zero-order valence-corrected chi connectivity index (χ0v) is 14.7. The summed E-state index contributed by atoms with van der Waals surface area (Å²) >= 11 is 0. The Morgan fingerprint density at radius 1 is 1.15 bits per heavy atom. The van der Waals surface area contributed by atoms with Gasteiger partial charge in [-0.15, -0.1) is 0 Å². The van der Waals surface area contributed by atoms with Crippen LogP contribution in [0.1, 0.15) is 53.3 Å². The maximum atomic E-state index is 12.2. The van der Waals surface area contributed by atoms with Crippen molar-refractivity contribution >= 4 is 23.5 Å². The van der Waals surface area contributed by atoms with E-state index in [0.29, 0.717) is 29.4 Å². The molecule has 1 fully saturated rings. The highest BCUT2D eigenvalue weighted by molar-refractivity contribution is 5.96. The fourth-order valence-corrected chi connectivity index (χ4v) is 2.95. The molecular weight excluding hydrogens is 332 g/mol. The fourth-order valence-electron chi connectivity index (χ4n) is 2.95. The molecule has 26 heavy (non-hydrogen) atoms. The number of para-hydroxylation sites is 1. The number of aromatic nitrogens is 2. The Kier molecular flexibility index (Phi) is 5.78. The maximum Gasteiger partial charge on any atom is 0.340 e. The third kappa shape index (κ3) is 4.36. The summed E-state index contributed by atoms with van der Waals surface area (Å²) in [7, 11) is 0. The monoisotopic (exact) mass is 354 g/mol. The van der Waals surface area contributed by atoms with Gasteiger partial charge in [0.2, 0.25) is 5.95 Å². The van der Waals surface area contributed by atoms with E-state index in [4.69, 9.17) is 4.74 Å². The van der Waals surface area contributed by atoms with Crippen LogP contribution in [0.15, 0.2) is 36.7 Å². The van der Waals surface area contributed by atoms with Crippen LogP contribution < -0.4 is 10.6 Å². The van der Waals surface area contributed by atoms with Gasteiger partial charge in [-0.25, -0.2) is 14.8 Å². The highest BCUT2D eigenvalue weighted by Gasteiger charge is 2.18. The zero-order chi connectivity index (χ0) is 18.4. The fraction of sp³-hybridized carbons (Fsp3) is 0.368. The van der Waals surface area contributed by atoms with Crippen molar-refractivity contribution in [2.75, 3.05) is 11.9 Å². The van der Waals surface area contributed by atoms with Gasteiger partial charge in [-0.3, -0.25) is 4.79 Å². The SMILES string of the molecule is CCOC(=O)c1ccccc1Nc1ncc(C(=O)NC2CCCC2)cn1. The second-order valence-electron chi connectivity index (χ2n) is 6.14. The van der Waals surface area contributed by atoms with E-state index in [1.54, 1.807) is 31.2 Å². The molecule has 2 aromatic rings. The number of carbonyl (C=O) groups excluding carboxylic acids is 2. The second-order valence-corrected chi connectivity index (χ2v) is 6.14. The number of rotatable bonds is 6. The molecule has 7 heteroatoms. The van der Waals surface area contributed by atoms with Crippen molar-refractivity contribution in [2.24, 2.45) is 0 Å². The number of benzene rings is 1. The summed E-state index contributed by atoms with van der Waals surface area (Å²) in [4.78, 5) is 32.6. The third-order valence-electron chi connectivity index (χ3n) is 4.27. The Labute approximate surface area is 152 Å². The summed E-state index contributed by atoms with van der Waals surface area (Å²) in [5, 5.41) is 6.00. The number of carbonyl (C=O) groups is 2. The molecule has 3 rings (SSSR count). The van der Waals surface area contributed by atoms with Crippen molar-refractivity contribution in [1.82, 2.24) is 15.3 Å². The largest absolute Gasteiger partial charge is 0.462 e. The lowest BCUT2D eigenvalue weighted by molar-refractivity contribution is 0.0527. The summed E-state index contributed by atoms with van der Waals surface area (Å²) in [5.74, 6) is -0.266. The molecule has 1 aromatic carbocycles. The maximum absolute atomic E-state index is 12.2. The number of anilines is 2. The van der Waals surface area contributed by atoms with Crippen LogP contribution in [0.4, 0.5) is 11.6 Å². The van der Waals surface area contributed by atoms with Gasteiger partial charge in [-0.1, -0.05) is 25.0 Å². The lowest BCUT2D eigenvalue weighted by atomic mass is 10.2. The molecule has 0 bridgehead atoms. The van der Waals surface area contributed by atoms with Crippen molar-refractivity contribution in [3.8, 4) is 0 Å². The number of hydrogen-bond donors (Lipinski definition) is 2. The first-order valence-electron chi connectivity index (χ1n) is 8.83. The van der Waals surface area contributed by atoms with Gasteiger partial charge < -0.3 is 15.4 Å². The van der Waals surface area contributed by atoms with Gasteiger partial charge in [-0.05, 0) is 31.9 Å². The van der Waals surface area contributed by atoms with Gasteiger partial charge in [0.1, 0.15) is 0 Å². The first kappa shape index (κ1) is 17.8. The molecule has 0 unspecified atom stereocenters. The lowest BCUT2D eigenvalue weighted by Gasteiger charge is -2.12. The summed E-state index contributed by atoms with van der Waals surface area (Å²) < 4.78 is 5.05.